The fraction of sp³-hybridized carbons (Fsp3) is 0.214. The second-order valence-electron chi connectivity index (χ2n) is 4.59. The minimum absolute atomic E-state index is 0.0874. The van der Waals surface area contributed by atoms with Crippen LogP contribution in [0.5, 0.6) is 17.2 Å². The zero-order valence-corrected chi connectivity index (χ0v) is 12.7. The third-order valence-corrected chi connectivity index (χ3v) is 4.08. The summed E-state index contributed by atoms with van der Waals surface area (Å²) >= 11 is 0.651. The Morgan fingerprint density at radius 1 is 1.39 bits per heavy atom. The first-order valence-corrected chi connectivity index (χ1v) is 7.24. The Bertz CT molecular complexity index is 743. The van der Waals surface area contributed by atoms with Crippen molar-refractivity contribution in [1.29, 1.82) is 0 Å². The number of hydrogen-bond donors (Lipinski definition) is 0. The van der Waals surface area contributed by atoms with Crippen molar-refractivity contribution in [3.05, 3.63) is 22.6 Å². The molecule has 0 N–H and O–H groups in total. The number of methoxy groups -OCH3 is 1. The molecule has 1 aromatic carbocycles. The van der Waals surface area contributed by atoms with Gasteiger partial charge in [-0.2, -0.15) is 0 Å². The third-order valence-electron chi connectivity index (χ3n) is 3.17. The van der Waals surface area contributed by atoms with E-state index in [9.17, 15) is 19.5 Å². The van der Waals surface area contributed by atoms with E-state index >= 15 is 0 Å². The van der Waals surface area contributed by atoms with Gasteiger partial charge in [-0.15, -0.1) is 0 Å². The number of aliphatic carboxylic acids is 1. The molecule has 1 saturated heterocycles. The quantitative estimate of drug-likeness (QED) is 0.719. The number of benzene rings is 1. The van der Waals surface area contributed by atoms with E-state index < -0.39 is 23.7 Å². The van der Waals surface area contributed by atoms with Gasteiger partial charge in [0.15, 0.2) is 11.5 Å². The van der Waals surface area contributed by atoms with Crippen molar-refractivity contribution in [2.75, 3.05) is 20.4 Å². The number of hydrogen-bond acceptors (Lipinski definition) is 8. The van der Waals surface area contributed by atoms with E-state index in [4.69, 9.17) is 14.2 Å². The summed E-state index contributed by atoms with van der Waals surface area (Å²) in [5, 5.41) is 9.94. The summed E-state index contributed by atoms with van der Waals surface area (Å²) in [5.74, 6) is -0.755. The Labute approximate surface area is 134 Å². The van der Waals surface area contributed by atoms with Crippen LogP contribution in [0.15, 0.2) is 17.0 Å². The lowest BCUT2D eigenvalue weighted by Gasteiger charge is -2.12. The molecule has 1 fully saturated rings. The van der Waals surface area contributed by atoms with Crippen LogP contribution in [-0.2, 0) is 9.59 Å². The molecule has 8 nitrogen and oxygen atoms in total. The molecule has 0 spiro atoms. The first-order chi connectivity index (χ1) is 11.0. The maximum Gasteiger partial charge on any atom is 0.293 e. The third kappa shape index (κ3) is 2.82. The molecule has 23 heavy (non-hydrogen) atoms. The largest absolute Gasteiger partial charge is 0.548 e. The van der Waals surface area contributed by atoms with Crippen LogP contribution in [-0.4, -0.2) is 42.5 Å². The zero-order chi connectivity index (χ0) is 16.6. The van der Waals surface area contributed by atoms with E-state index in [1.165, 1.54) is 13.2 Å². The topological polar surface area (TPSA) is 105 Å². The van der Waals surface area contributed by atoms with Gasteiger partial charge in [-0.25, -0.2) is 0 Å². The van der Waals surface area contributed by atoms with Crippen LogP contribution < -0.4 is 19.3 Å². The van der Waals surface area contributed by atoms with Gasteiger partial charge in [-0.1, -0.05) is 0 Å². The molecule has 2 aliphatic rings. The van der Waals surface area contributed by atoms with Crippen LogP contribution in [0.4, 0.5) is 4.79 Å². The van der Waals surface area contributed by atoms with Gasteiger partial charge in [0.2, 0.25) is 6.79 Å². The standard InChI is InChI=1S/C14H11NO7S/c1-20-8-4-10-9(21-6-22-10)2-7(8)3-11-13(18)15(5-12(16)17)14(19)23-11/h2-4H,5-6H2,1H3,(H,16,17)/p-1/b11-3+. The monoisotopic (exact) mass is 336 g/mol. The predicted molar refractivity (Wildman–Crippen MR) is 76.8 cm³/mol. The van der Waals surface area contributed by atoms with Crippen molar-refractivity contribution in [1.82, 2.24) is 4.90 Å². The van der Waals surface area contributed by atoms with Crippen molar-refractivity contribution in [3.8, 4) is 17.2 Å². The van der Waals surface area contributed by atoms with Crippen molar-refractivity contribution in [2.24, 2.45) is 0 Å². The summed E-state index contributed by atoms with van der Waals surface area (Å²) in [5.41, 5.74) is 0.510. The molecule has 0 atom stereocenters. The first-order valence-electron chi connectivity index (χ1n) is 6.42. The summed E-state index contributed by atoms with van der Waals surface area (Å²) in [6.45, 7) is -0.690. The minimum Gasteiger partial charge on any atom is -0.548 e. The molecule has 2 amide bonds. The summed E-state index contributed by atoms with van der Waals surface area (Å²) in [6, 6.07) is 3.23. The lowest BCUT2D eigenvalue weighted by atomic mass is 10.1. The SMILES string of the molecule is COc1cc2c(cc1/C=C1/SC(=O)N(CC(=O)[O-])C1=O)OCO2. The highest BCUT2D eigenvalue weighted by molar-refractivity contribution is 8.18. The summed E-state index contributed by atoms with van der Waals surface area (Å²) in [6.07, 6.45) is 1.45. The fourth-order valence-electron chi connectivity index (χ4n) is 2.14. The summed E-state index contributed by atoms with van der Waals surface area (Å²) < 4.78 is 15.7. The van der Waals surface area contributed by atoms with Gasteiger partial charge < -0.3 is 24.1 Å². The maximum absolute atomic E-state index is 12.1. The van der Waals surface area contributed by atoms with E-state index in [1.807, 2.05) is 0 Å². The molecule has 2 aliphatic heterocycles. The van der Waals surface area contributed by atoms with Gasteiger partial charge in [0.25, 0.3) is 11.1 Å². The number of imide groups is 1. The Balaban J connectivity index is 1.94. The molecule has 3 rings (SSSR count). The second-order valence-corrected chi connectivity index (χ2v) is 5.58. The Hall–Kier alpha value is -2.68. The number of carbonyl (C=O) groups excluding carboxylic acids is 3. The molecule has 120 valence electrons. The van der Waals surface area contributed by atoms with Crippen LogP contribution in [0.3, 0.4) is 0 Å². The molecule has 0 radical (unpaired) electrons. The van der Waals surface area contributed by atoms with Crippen molar-refractivity contribution in [2.45, 2.75) is 0 Å². The number of fused-ring (bicyclic) bond motifs is 1. The predicted octanol–water partition coefficient (Wildman–Crippen LogP) is 0.210. The molecular weight excluding hydrogens is 326 g/mol. The lowest BCUT2D eigenvalue weighted by molar-refractivity contribution is -0.305. The summed E-state index contributed by atoms with van der Waals surface area (Å²) in [4.78, 5) is 35.2. The normalized spacial score (nSPS) is 18.0. The lowest BCUT2D eigenvalue weighted by Crippen LogP contribution is -2.40. The van der Waals surface area contributed by atoms with E-state index in [1.54, 1.807) is 12.1 Å². The Morgan fingerprint density at radius 2 is 2.09 bits per heavy atom. The van der Waals surface area contributed by atoms with Crippen LogP contribution in [0.25, 0.3) is 6.08 Å². The molecule has 9 heteroatoms. The number of nitrogens with zero attached hydrogens (tertiary/aromatic N) is 1. The number of rotatable bonds is 4. The van der Waals surface area contributed by atoms with Crippen molar-refractivity contribution in [3.63, 3.8) is 0 Å². The Kier molecular flexibility index (Phi) is 3.87. The zero-order valence-electron chi connectivity index (χ0n) is 11.9. The molecule has 0 aliphatic carbocycles. The number of carboxylic acids is 1. The number of carboxylic acid groups (broad SMARTS) is 1. The van der Waals surface area contributed by atoms with Gasteiger partial charge in [-0.05, 0) is 23.9 Å². The van der Waals surface area contributed by atoms with E-state index in [2.05, 4.69) is 0 Å². The number of ether oxygens (including phenoxy) is 3. The van der Waals surface area contributed by atoms with E-state index in [0.29, 0.717) is 39.5 Å². The maximum atomic E-state index is 12.1. The number of amides is 2. The van der Waals surface area contributed by atoms with Gasteiger partial charge in [0, 0.05) is 11.6 Å². The molecule has 0 aromatic heterocycles. The highest BCUT2D eigenvalue weighted by Gasteiger charge is 2.35. The second kappa shape index (κ2) is 5.84. The number of thioether (sulfide) groups is 1. The molecular formula is C14H10NO7S-. The molecule has 0 unspecified atom stereocenters. The van der Waals surface area contributed by atoms with Gasteiger partial charge >= 0.3 is 0 Å². The smallest absolute Gasteiger partial charge is 0.293 e. The average Bonchev–Trinajstić information content (AvgIpc) is 3.06. The van der Waals surface area contributed by atoms with E-state index in [0.717, 1.165) is 0 Å². The average molecular weight is 336 g/mol. The highest BCUT2D eigenvalue weighted by Crippen LogP contribution is 2.40. The van der Waals surface area contributed by atoms with Gasteiger partial charge in [0.05, 0.1) is 24.5 Å². The fourth-order valence-corrected chi connectivity index (χ4v) is 2.96. The minimum atomic E-state index is -1.51. The molecule has 2 heterocycles. The highest BCUT2D eigenvalue weighted by atomic mass is 32.2. The van der Waals surface area contributed by atoms with Crippen LogP contribution in [0.2, 0.25) is 0 Å². The van der Waals surface area contributed by atoms with Crippen molar-refractivity contribution >= 4 is 35.0 Å². The first kappa shape index (κ1) is 15.2. The van der Waals surface area contributed by atoms with Crippen LogP contribution >= 0.6 is 11.8 Å². The summed E-state index contributed by atoms with van der Waals surface area (Å²) in [7, 11) is 1.46. The van der Waals surface area contributed by atoms with Crippen LogP contribution in [0.1, 0.15) is 5.56 Å². The van der Waals surface area contributed by atoms with Gasteiger partial charge in [0.1, 0.15) is 5.75 Å². The molecule has 1 aromatic rings. The molecule has 0 bridgehead atoms. The molecule has 0 saturated carbocycles. The van der Waals surface area contributed by atoms with Crippen LogP contribution in [0, 0.1) is 0 Å². The number of carbonyl (C=O) groups is 3. The van der Waals surface area contributed by atoms with Gasteiger partial charge in [-0.3, -0.25) is 14.5 Å². The van der Waals surface area contributed by atoms with Crippen molar-refractivity contribution < 1.29 is 33.7 Å². The Morgan fingerprint density at radius 3 is 2.74 bits per heavy atom. The van der Waals surface area contributed by atoms with E-state index in [-0.39, 0.29) is 11.7 Å².